The largest absolute Gasteiger partial charge is 0.469 e. The van der Waals surface area contributed by atoms with Crippen molar-refractivity contribution < 1.29 is 12.8 Å². The quantitative estimate of drug-likeness (QED) is 0.792. The van der Waals surface area contributed by atoms with Crippen molar-refractivity contribution in [2.24, 2.45) is 0 Å². The van der Waals surface area contributed by atoms with Crippen molar-refractivity contribution in [2.45, 2.75) is 18.2 Å². The van der Waals surface area contributed by atoms with E-state index in [1.165, 1.54) is 12.4 Å². The number of hydrogen-bond acceptors (Lipinski definition) is 6. The van der Waals surface area contributed by atoms with E-state index in [1.54, 1.807) is 18.4 Å². The number of furan rings is 1. The van der Waals surface area contributed by atoms with Gasteiger partial charge in [-0.1, -0.05) is 0 Å². The van der Waals surface area contributed by atoms with E-state index in [-0.39, 0.29) is 11.4 Å². The highest BCUT2D eigenvalue weighted by atomic mass is 32.2. The normalized spacial score (nSPS) is 11.4. The molecule has 2 aromatic rings. The number of anilines is 1. The summed E-state index contributed by atoms with van der Waals surface area (Å²) in [6.45, 7) is 2.84. The fourth-order valence-corrected chi connectivity index (χ4v) is 2.47. The van der Waals surface area contributed by atoms with Crippen molar-refractivity contribution in [3.05, 3.63) is 36.5 Å². The first-order valence-corrected chi connectivity index (χ1v) is 7.68. The van der Waals surface area contributed by atoms with E-state index in [0.29, 0.717) is 18.9 Å². The molecule has 2 rings (SSSR count). The van der Waals surface area contributed by atoms with Crippen LogP contribution in [0.4, 0.5) is 5.95 Å². The number of nitrogens with one attached hydrogen (secondary N) is 2. The molecule has 2 aromatic heterocycles. The molecule has 0 fully saturated rings. The van der Waals surface area contributed by atoms with Gasteiger partial charge in [-0.05, 0) is 19.1 Å². The van der Waals surface area contributed by atoms with E-state index < -0.39 is 10.0 Å². The van der Waals surface area contributed by atoms with Gasteiger partial charge in [0.15, 0.2) is 0 Å². The Labute approximate surface area is 117 Å². The van der Waals surface area contributed by atoms with E-state index >= 15 is 0 Å². The van der Waals surface area contributed by atoms with Crippen LogP contribution in [0.3, 0.4) is 0 Å². The second kappa shape index (κ2) is 6.49. The first kappa shape index (κ1) is 14.5. The zero-order valence-corrected chi connectivity index (χ0v) is 11.9. The minimum Gasteiger partial charge on any atom is -0.469 e. The fourth-order valence-electron chi connectivity index (χ4n) is 1.55. The monoisotopic (exact) mass is 296 g/mol. The van der Waals surface area contributed by atoms with E-state index in [4.69, 9.17) is 4.42 Å². The summed E-state index contributed by atoms with van der Waals surface area (Å²) in [5.41, 5.74) is 0. The fraction of sp³-hybridized carbons (Fsp3) is 0.333. The molecule has 0 aliphatic carbocycles. The molecule has 0 saturated heterocycles. The molecule has 0 saturated carbocycles. The van der Waals surface area contributed by atoms with Gasteiger partial charge in [0.1, 0.15) is 10.7 Å². The van der Waals surface area contributed by atoms with Crippen molar-refractivity contribution in [1.29, 1.82) is 0 Å². The zero-order chi connectivity index (χ0) is 14.4. The molecule has 20 heavy (non-hydrogen) atoms. The standard InChI is InChI=1S/C12H16N4O3S/c1-2-13-12-14-8-11(9-15-12)20(17,18)16-6-5-10-4-3-7-19-10/h3-4,7-9,16H,2,5-6H2,1H3,(H,13,14,15). The van der Waals surface area contributed by atoms with E-state index in [0.717, 1.165) is 5.76 Å². The summed E-state index contributed by atoms with van der Waals surface area (Å²) in [5.74, 6) is 1.13. The molecule has 0 bridgehead atoms. The Hall–Kier alpha value is -1.93. The first-order valence-electron chi connectivity index (χ1n) is 6.20. The van der Waals surface area contributed by atoms with Crippen LogP contribution < -0.4 is 10.0 Å². The van der Waals surface area contributed by atoms with Crippen LogP contribution in [-0.4, -0.2) is 31.5 Å². The third kappa shape index (κ3) is 3.78. The third-order valence-corrected chi connectivity index (χ3v) is 3.93. The van der Waals surface area contributed by atoms with Gasteiger partial charge >= 0.3 is 0 Å². The minimum atomic E-state index is -3.59. The summed E-state index contributed by atoms with van der Waals surface area (Å²) in [7, 11) is -3.59. The molecule has 0 unspecified atom stereocenters. The van der Waals surface area contributed by atoms with Gasteiger partial charge in [0.05, 0.1) is 18.7 Å². The van der Waals surface area contributed by atoms with Gasteiger partial charge in [-0.25, -0.2) is 23.1 Å². The van der Waals surface area contributed by atoms with Gasteiger partial charge in [0.2, 0.25) is 16.0 Å². The molecule has 2 heterocycles. The SMILES string of the molecule is CCNc1ncc(S(=O)(=O)NCCc2ccco2)cn1. The van der Waals surface area contributed by atoms with Crippen molar-refractivity contribution >= 4 is 16.0 Å². The molecular weight excluding hydrogens is 280 g/mol. The lowest BCUT2D eigenvalue weighted by molar-refractivity contribution is 0.506. The van der Waals surface area contributed by atoms with Crippen molar-refractivity contribution in [3.8, 4) is 0 Å². The maximum Gasteiger partial charge on any atom is 0.243 e. The van der Waals surface area contributed by atoms with Crippen LogP contribution in [0.15, 0.2) is 40.1 Å². The number of hydrogen-bond donors (Lipinski definition) is 2. The van der Waals surface area contributed by atoms with Crippen LogP contribution in [-0.2, 0) is 16.4 Å². The van der Waals surface area contributed by atoms with Crippen molar-refractivity contribution in [3.63, 3.8) is 0 Å². The predicted octanol–water partition coefficient (Wildman–Crippen LogP) is 1.02. The van der Waals surface area contributed by atoms with Crippen LogP contribution >= 0.6 is 0 Å². The third-order valence-electron chi connectivity index (χ3n) is 2.52. The maximum atomic E-state index is 12.0. The van der Waals surface area contributed by atoms with Crippen LogP contribution in [0.5, 0.6) is 0 Å². The predicted molar refractivity (Wildman–Crippen MR) is 73.8 cm³/mol. The summed E-state index contributed by atoms with van der Waals surface area (Å²) >= 11 is 0. The highest BCUT2D eigenvalue weighted by Crippen LogP contribution is 2.07. The van der Waals surface area contributed by atoms with Crippen LogP contribution in [0, 0.1) is 0 Å². The molecule has 0 radical (unpaired) electrons. The summed E-state index contributed by atoms with van der Waals surface area (Å²) in [5, 5.41) is 2.90. The first-order chi connectivity index (χ1) is 9.62. The van der Waals surface area contributed by atoms with Crippen LogP contribution in [0.25, 0.3) is 0 Å². The summed E-state index contributed by atoms with van der Waals surface area (Å²) in [6, 6.07) is 3.56. The second-order valence-corrected chi connectivity index (χ2v) is 5.77. The Morgan fingerprint density at radius 2 is 2.05 bits per heavy atom. The topological polar surface area (TPSA) is 97.1 Å². The average Bonchev–Trinajstić information content (AvgIpc) is 2.93. The minimum absolute atomic E-state index is 0.0404. The molecule has 2 N–H and O–H groups in total. The molecule has 0 spiro atoms. The average molecular weight is 296 g/mol. The molecule has 0 aliphatic rings. The molecule has 108 valence electrons. The summed E-state index contributed by atoms with van der Waals surface area (Å²) in [4.78, 5) is 7.91. The molecule has 0 atom stereocenters. The van der Waals surface area contributed by atoms with Crippen molar-refractivity contribution in [1.82, 2.24) is 14.7 Å². The van der Waals surface area contributed by atoms with E-state index in [9.17, 15) is 8.42 Å². The van der Waals surface area contributed by atoms with Gasteiger partial charge in [-0.15, -0.1) is 0 Å². The Balaban J connectivity index is 1.95. The van der Waals surface area contributed by atoms with E-state index in [2.05, 4.69) is 20.0 Å². The highest BCUT2D eigenvalue weighted by Gasteiger charge is 2.14. The van der Waals surface area contributed by atoms with Gasteiger partial charge in [0.25, 0.3) is 0 Å². The highest BCUT2D eigenvalue weighted by molar-refractivity contribution is 7.89. The zero-order valence-electron chi connectivity index (χ0n) is 11.0. The molecule has 8 heteroatoms. The lowest BCUT2D eigenvalue weighted by atomic mass is 10.3. The van der Waals surface area contributed by atoms with Crippen LogP contribution in [0.2, 0.25) is 0 Å². The molecule has 0 aromatic carbocycles. The van der Waals surface area contributed by atoms with E-state index in [1.807, 2.05) is 6.92 Å². The van der Waals surface area contributed by atoms with Gasteiger partial charge in [0, 0.05) is 19.5 Å². The molecule has 0 amide bonds. The molecular formula is C12H16N4O3S. The second-order valence-electron chi connectivity index (χ2n) is 4.00. The molecule has 0 aliphatic heterocycles. The van der Waals surface area contributed by atoms with Gasteiger partial charge < -0.3 is 9.73 Å². The lowest BCUT2D eigenvalue weighted by Gasteiger charge is -2.06. The summed E-state index contributed by atoms with van der Waals surface area (Å²) < 4.78 is 31.6. The Morgan fingerprint density at radius 1 is 1.30 bits per heavy atom. The Bertz CT molecular complexity index is 623. The Morgan fingerprint density at radius 3 is 2.65 bits per heavy atom. The number of rotatable bonds is 7. The Kier molecular flexibility index (Phi) is 4.70. The van der Waals surface area contributed by atoms with Gasteiger partial charge in [-0.2, -0.15) is 0 Å². The smallest absolute Gasteiger partial charge is 0.243 e. The maximum absolute atomic E-state index is 12.0. The molecule has 7 nitrogen and oxygen atoms in total. The van der Waals surface area contributed by atoms with Crippen molar-refractivity contribution in [2.75, 3.05) is 18.4 Å². The number of sulfonamides is 1. The van der Waals surface area contributed by atoms with Crippen LogP contribution in [0.1, 0.15) is 12.7 Å². The lowest BCUT2D eigenvalue weighted by Crippen LogP contribution is -2.26. The number of nitrogens with zero attached hydrogens (tertiary/aromatic N) is 2. The summed E-state index contributed by atoms with van der Waals surface area (Å²) in [6.07, 6.45) is 4.60. The van der Waals surface area contributed by atoms with Gasteiger partial charge in [-0.3, -0.25) is 0 Å². The number of aromatic nitrogens is 2.